The normalized spacial score (nSPS) is 22.0. The van der Waals surface area contributed by atoms with Crippen LogP contribution in [0.2, 0.25) is 0 Å². The van der Waals surface area contributed by atoms with E-state index in [1.54, 1.807) is 0 Å². The Morgan fingerprint density at radius 2 is 1.53 bits per heavy atom. The maximum Gasteiger partial charge on any atom is 0.493 e. The molecular formula is C12H15BO4. The molecule has 0 N–H and O–H groups in total. The zero-order valence-corrected chi connectivity index (χ0v) is 9.63. The average Bonchev–Trinajstić information content (AvgIpc) is 2.94. The first-order valence-electron chi connectivity index (χ1n) is 6.00. The maximum atomic E-state index is 5.54. The standard InChI is InChI=1S/C12H15BO4/c1-6-16-13(17-7-1)11-4-2-10(3-5-11)12-14-8-9-15-12/h2-5,12H,1,6-9H2. The molecule has 0 atom stereocenters. The molecule has 1 aromatic rings. The highest BCUT2D eigenvalue weighted by Crippen LogP contribution is 2.22. The summed E-state index contributed by atoms with van der Waals surface area (Å²) < 4.78 is 22.0. The van der Waals surface area contributed by atoms with E-state index in [4.69, 9.17) is 18.8 Å². The molecule has 0 radical (unpaired) electrons. The van der Waals surface area contributed by atoms with Gasteiger partial charge in [0, 0.05) is 18.8 Å². The summed E-state index contributed by atoms with van der Waals surface area (Å²) in [6, 6.07) is 8.03. The average molecular weight is 234 g/mol. The van der Waals surface area contributed by atoms with Crippen LogP contribution >= 0.6 is 0 Å². The lowest BCUT2D eigenvalue weighted by atomic mass is 9.78. The highest BCUT2D eigenvalue weighted by atomic mass is 16.7. The second kappa shape index (κ2) is 5.18. The van der Waals surface area contributed by atoms with Crippen LogP contribution in [0, 0.1) is 0 Å². The molecule has 0 amide bonds. The van der Waals surface area contributed by atoms with Gasteiger partial charge in [-0.15, -0.1) is 0 Å². The summed E-state index contributed by atoms with van der Waals surface area (Å²) in [6.07, 6.45) is 0.760. The summed E-state index contributed by atoms with van der Waals surface area (Å²) in [6.45, 7) is 2.87. The van der Waals surface area contributed by atoms with Crippen molar-refractivity contribution < 1.29 is 18.8 Å². The summed E-state index contributed by atoms with van der Waals surface area (Å²) in [5, 5.41) is 0. The number of ether oxygens (including phenoxy) is 2. The van der Waals surface area contributed by atoms with E-state index < -0.39 is 0 Å². The van der Waals surface area contributed by atoms with Gasteiger partial charge in [0.05, 0.1) is 13.2 Å². The Kier molecular flexibility index (Phi) is 3.42. The zero-order chi connectivity index (χ0) is 11.5. The van der Waals surface area contributed by atoms with Crippen molar-refractivity contribution in [3.63, 3.8) is 0 Å². The molecule has 0 spiro atoms. The Morgan fingerprint density at radius 3 is 2.18 bits per heavy atom. The Labute approximate surface area is 101 Å². The minimum atomic E-state index is -0.219. The van der Waals surface area contributed by atoms with Crippen molar-refractivity contribution in [1.29, 1.82) is 0 Å². The van der Waals surface area contributed by atoms with Crippen LogP contribution < -0.4 is 5.46 Å². The van der Waals surface area contributed by atoms with E-state index >= 15 is 0 Å². The van der Waals surface area contributed by atoms with Gasteiger partial charge in [0.15, 0.2) is 6.29 Å². The van der Waals surface area contributed by atoms with Crippen molar-refractivity contribution in [2.45, 2.75) is 12.7 Å². The van der Waals surface area contributed by atoms with E-state index in [2.05, 4.69) is 0 Å². The highest BCUT2D eigenvalue weighted by molar-refractivity contribution is 6.61. The van der Waals surface area contributed by atoms with Crippen molar-refractivity contribution in [3.05, 3.63) is 29.8 Å². The fourth-order valence-corrected chi connectivity index (χ4v) is 2.04. The quantitative estimate of drug-likeness (QED) is 0.711. The summed E-state index contributed by atoms with van der Waals surface area (Å²) in [7, 11) is -0.219. The molecule has 0 bridgehead atoms. The van der Waals surface area contributed by atoms with Crippen molar-refractivity contribution in [1.82, 2.24) is 0 Å². The molecule has 2 aliphatic rings. The van der Waals surface area contributed by atoms with Crippen LogP contribution in [0.1, 0.15) is 18.3 Å². The van der Waals surface area contributed by atoms with E-state index in [-0.39, 0.29) is 13.4 Å². The molecule has 90 valence electrons. The molecule has 5 heteroatoms. The van der Waals surface area contributed by atoms with E-state index in [0.717, 1.165) is 30.7 Å². The minimum Gasteiger partial charge on any atom is -0.407 e. The molecule has 2 saturated heterocycles. The first kappa shape index (κ1) is 11.2. The Morgan fingerprint density at radius 1 is 0.882 bits per heavy atom. The summed E-state index contributed by atoms with van der Waals surface area (Å²) in [5.41, 5.74) is 2.09. The van der Waals surface area contributed by atoms with Crippen LogP contribution in [0.4, 0.5) is 0 Å². The third-order valence-electron chi connectivity index (χ3n) is 2.93. The molecule has 17 heavy (non-hydrogen) atoms. The number of benzene rings is 1. The molecule has 0 saturated carbocycles. The van der Waals surface area contributed by atoms with Gasteiger partial charge in [0.1, 0.15) is 0 Å². The van der Waals surface area contributed by atoms with Gasteiger partial charge in [-0.05, 0) is 11.9 Å². The molecule has 3 rings (SSSR count). The van der Waals surface area contributed by atoms with Gasteiger partial charge >= 0.3 is 7.12 Å². The summed E-state index contributed by atoms with van der Waals surface area (Å²) >= 11 is 0. The molecule has 2 fully saturated rings. The molecule has 2 aliphatic heterocycles. The van der Waals surface area contributed by atoms with Gasteiger partial charge < -0.3 is 18.8 Å². The molecule has 2 heterocycles. The lowest BCUT2D eigenvalue weighted by Crippen LogP contribution is -2.40. The fourth-order valence-electron chi connectivity index (χ4n) is 2.04. The Bertz CT molecular complexity index is 355. The Hall–Kier alpha value is -0.875. The number of hydrogen-bond donors (Lipinski definition) is 0. The van der Waals surface area contributed by atoms with Crippen LogP contribution in [-0.4, -0.2) is 33.5 Å². The first-order chi connectivity index (χ1) is 8.43. The van der Waals surface area contributed by atoms with Crippen molar-refractivity contribution in [2.24, 2.45) is 0 Å². The molecule has 1 aromatic carbocycles. The minimum absolute atomic E-state index is 0.211. The predicted molar refractivity (Wildman–Crippen MR) is 63.0 cm³/mol. The van der Waals surface area contributed by atoms with Crippen LogP contribution in [-0.2, 0) is 18.8 Å². The smallest absolute Gasteiger partial charge is 0.407 e. The first-order valence-corrected chi connectivity index (χ1v) is 6.00. The van der Waals surface area contributed by atoms with Crippen LogP contribution in [0.25, 0.3) is 0 Å². The zero-order valence-electron chi connectivity index (χ0n) is 9.63. The van der Waals surface area contributed by atoms with Gasteiger partial charge in [-0.3, -0.25) is 0 Å². The topological polar surface area (TPSA) is 36.9 Å². The third kappa shape index (κ3) is 2.52. The third-order valence-corrected chi connectivity index (χ3v) is 2.93. The van der Waals surface area contributed by atoms with Gasteiger partial charge in [-0.2, -0.15) is 0 Å². The SMILES string of the molecule is c1cc(C2OCCO2)ccc1B1OCCCO1. The summed E-state index contributed by atoms with van der Waals surface area (Å²) in [5.74, 6) is 0. The number of hydrogen-bond acceptors (Lipinski definition) is 4. The maximum absolute atomic E-state index is 5.54. The monoisotopic (exact) mass is 234 g/mol. The van der Waals surface area contributed by atoms with Gasteiger partial charge in [0.25, 0.3) is 0 Å². The predicted octanol–water partition coefficient (Wildman–Crippen LogP) is 0.864. The molecule has 0 unspecified atom stereocenters. The highest BCUT2D eigenvalue weighted by Gasteiger charge is 2.25. The second-order valence-corrected chi connectivity index (χ2v) is 4.17. The van der Waals surface area contributed by atoms with Crippen LogP contribution in [0.3, 0.4) is 0 Å². The van der Waals surface area contributed by atoms with Gasteiger partial charge in [-0.1, -0.05) is 24.3 Å². The lowest BCUT2D eigenvalue weighted by molar-refractivity contribution is -0.0441. The largest absolute Gasteiger partial charge is 0.493 e. The molecule has 4 nitrogen and oxygen atoms in total. The van der Waals surface area contributed by atoms with E-state index in [0.29, 0.717) is 13.2 Å². The second-order valence-electron chi connectivity index (χ2n) is 4.17. The van der Waals surface area contributed by atoms with Gasteiger partial charge in [0.2, 0.25) is 0 Å². The van der Waals surface area contributed by atoms with Gasteiger partial charge in [-0.25, -0.2) is 0 Å². The molecular weight excluding hydrogens is 219 g/mol. The van der Waals surface area contributed by atoms with Crippen LogP contribution in [0.5, 0.6) is 0 Å². The summed E-state index contributed by atoms with van der Waals surface area (Å²) in [4.78, 5) is 0. The number of rotatable bonds is 2. The van der Waals surface area contributed by atoms with Crippen molar-refractivity contribution >= 4 is 12.6 Å². The van der Waals surface area contributed by atoms with Crippen LogP contribution in [0.15, 0.2) is 24.3 Å². The Balaban J connectivity index is 1.70. The fraction of sp³-hybridized carbons (Fsp3) is 0.500. The lowest BCUT2D eigenvalue weighted by Gasteiger charge is -2.20. The van der Waals surface area contributed by atoms with Crippen molar-refractivity contribution in [2.75, 3.05) is 26.4 Å². The van der Waals surface area contributed by atoms with E-state index in [9.17, 15) is 0 Å². The molecule has 0 aliphatic carbocycles. The molecule has 0 aromatic heterocycles. The van der Waals surface area contributed by atoms with E-state index in [1.807, 2.05) is 24.3 Å². The van der Waals surface area contributed by atoms with E-state index in [1.165, 1.54) is 0 Å². The van der Waals surface area contributed by atoms with Crippen molar-refractivity contribution in [3.8, 4) is 0 Å².